The normalized spacial score (nSPS) is 12.3. The molecule has 0 heterocycles. The zero-order valence-corrected chi connectivity index (χ0v) is 11.5. The maximum atomic E-state index is 6.05. The van der Waals surface area contributed by atoms with Gasteiger partial charge in [0.1, 0.15) is 0 Å². The van der Waals surface area contributed by atoms with Gasteiger partial charge in [0.05, 0.1) is 13.2 Å². The third-order valence-corrected chi connectivity index (χ3v) is 3.11. The van der Waals surface area contributed by atoms with Gasteiger partial charge in [-0.05, 0) is 29.7 Å². The summed E-state index contributed by atoms with van der Waals surface area (Å²) in [6.45, 7) is 1.16. The van der Waals surface area contributed by atoms with E-state index in [1.807, 2.05) is 54.6 Å². The molecule has 3 heteroatoms. The largest absolute Gasteiger partial charge is 0.375 e. The minimum Gasteiger partial charge on any atom is -0.375 e. The van der Waals surface area contributed by atoms with Crippen LogP contribution in [0.1, 0.15) is 11.1 Å². The smallest absolute Gasteiger partial charge is 0.0717 e. The molecule has 0 aliphatic rings. The van der Waals surface area contributed by atoms with Crippen LogP contribution in [0.15, 0.2) is 54.6 Å². The third kappa shape index (κ3) is 5.03. The van der Waals surface area contributed by atoms with Crippen LogP contribution in [0.4, 0.5) is 0 Å². The predicted octanol–water partition coefficient (Wildman–Crippen LogP) is 3.43. The molecule has 0 amide bonds. The molecular weight excluding hydrogens is 258 g/mol. The van der Waals surface area contributed by atoms with Gasteiger partial charge in [-0.1, -0.05) is 54.1 Å². The van der Waals surface area contributed by atoms with Crippen molar-refractivity contribution in [3.8, 4) is 0 Å². The molecule has 0 unspecified atom stereocenters. The second-order valence-corrected chi connectivity index (χ2v) is 5.03. The van der Waals surface area contributed by atoms with Crippen LogP contribution in [0.2, 0.25) is 5.02 Å². The standard InChI is InChI=1S/C16H18ClNO/c17-15-8-6-13(7-9-15)10-16(18)12-19-11-14-4-2-1-3-5-14/h1-9,16H,10-12,18H2/t16-/m1/s1. The lowest BCUT2D eigenvalue weighted by molar-refractivity contribution is 0.108. The fourth-order valence-electron chi connectivity index (χ4n) is 1.88. The number of hydrogen-bond donors (Lipinski definition) is 1. The SMILES string of the molecule is N[C@@H](COCc1ccccc1)Cc1ccc(Cl)cc1. The Bertz CT molecular complexity index is 484. The summed E-state index contributed by atoms with van der Waals surface area (Å²) >= 11 is 5.84. The first-order valence-corrected chi connectivity index (χ1v) is 6.73. The Labute approximate surface area is 119 Å². The highest BCUT2D eigenvalue weighted by molar-refractivity contribution is 6.30. The molecule has 2 aromatic rings. The quantitative estimate of drug-likeness (QED) is 0.877. The molecule has 0 aromatic heterocycles. The average Bonchev–Trinajstić information content (AvgIpc) is 2.43. The van der Waals surface area contributed by atoms with Gasteiger partial charge in [-0.2, -0.15) is 0 Å². The number of benzene rings is 2. The fourth-order valence-corrected chi connectivity index (χ4v) is 2.01. The Morgan fingerprint density at radius 2 is 1.63 bits per heavy atom. The van der Waals surface area contributed by atoms with E-state index in [-0.39, 0.29) is 6.04 Å². The van der Waals surface area contributed by atoms with E-state index in [4.69, 9.17) is 22.1 Å². The van der Waals surface area contributed by atoms with Crippen LogP contribution in [0.25, 0.3) is 0 Å². The number of nitrogens with two attached hydrogens (primary N) is 1. The molecule has 19 heavy (non-hydrogen) atoms. The number of hydrogen-bond acceptors (Lipinski definition) is 2. The van der Waals surface area contributed by atoms with E-state index < -0.39 is 0 Å². The topological polar surface area (TPSA) is 35.2 Å². The molecule has 0 aliphatic carbocycles. The summed E-state index contributed by atoms with van der Waals surface area (Å²) in [7, 11) is 0. The molecule has 0 saturated heterocycles. The molecule has 100 valence electrons. The van der Waals surface area contributed by atoms with Gasteiger partial charge in [-0.15, -0.1) is 0 Å². The van der Waals surface area contributed by atoms with Gasteiger partial charge in [0.15, 0.2) is 0 Å². The molecule has 2 N–H and O–H groups in total. The van der Waals surface area contributed by atoms with Gasteiger partial charge in [-0.25, -0.2) is 0 Å². The Morgan fingerprint density at radius 1 is 0.947 bits per heavy atom. The van der Waals surface area contributed by atoms with Crippen LogP contribution < -0.4 is 5.73 Å². The van der Waals surface area contributed by atoms with E-state index in [0.29, 0.717) is 13.2 Å². The zero-order valence-electron chi connectivity index (χ0n) is 10.8. The van der Waals surface area contributed by atoms with Crippen molar-refractivity contribution >= 4 is 11.6 Å². The maximum absolute atomic E-state index is 6.05. The van der Waals surface area contributed by atoms with Crippen molar-refractivity contribution < 1.29 is 4.74 Å². The van der Waals surface area contributed by atoms with Gasteiger partial charge in [0.2, 0.25) is 0 Å². The summed E-state index contributed by atoms with van der Waals surface area (Å²) in [4.78, 5) is 0. The molecule has 0 saturated carbocycles. The van der Waals surface area contributed by atoms with Gasteiger partial charge in [0, 0.05) is 11.1 Å². The van der Waals surface area contributed by atoms with Crippen LogP contribution in [-0.4, -0.2) is 12.6 Å². The minimum atomic E-state index is 0.00453. The van der Waals surface area contributed by atoms with Crippen molar-refractivity contribution in [1.82, 2.24) is 0 Å². The highest BCUT2D eigenvalue weighted by atomic mass is 35.5. The lowest BCUT2D eigenvalue weighted by Crippen LogP contribution is -2.28. The van der Waals surface area contributed by atoms with E-state index >= 15 is 0 Å². The van der Waals surface area contributed by atoms with Crippen LogP contribution in [-0.2, 0) is 17.8 Å². The average molecular weight is 276 g/mol. The van der Waals surface area contributed by atoms with Crippen LogP contribution >= 0.6 is 11.6 Å². The summed E-state index contributed by atoms with van der Waals surface area (Å²) < 4.78 is 5.63. The summed E-state index contributed by atoms with van der Waals surface area (Å²) in [6, 6.07) is 17.9. The monoisotopic (exact) mass is 275 g/mol. The first kappa shape index (κ1) is 14.1. The van der Waals surface area contributed by atoms with E-state index in [1.54, 1.807) is 0 Å². The lowest BCUT2D eigenvalue weighted by atomic mass is 10.1. The Kier molecular flexibility index (Phi) is 5.40. The second kappa shape index (κ2) is 7.29. The Balaban J connectivity index is 1.73. The minimum absolute atomic E-state index is 0.00453. The number of halogens is 1. The summed E-state index contributed by atoms with van der Waals surface area (Å²) in [5.41, 5.74) is 8.40. The van der Waals surface area contributed by atoms with E-state index in [0.717, 1.165) is 11.4 Å². The Morgan fingerprint density at radius 3 is 2.32 bits per heavy atom. The van der Waals surface area contributed by atoms with Gasteiger partial charge < -0.3 is 10.5 Å². The molecule has 0 bridgehead atoms. The van der Waals surface area contributed by atoms with Crippen molar-refractivity contribution in [3.63, 3.8) is 0 Å². The zero-order chi connectivity index (χ0) is 13.5. The second-order valence-electron chi connectivity index (χ2n) is 4.59. The summed E-state index contributed by atoms with van der Waals surface area (Å²) in [6.07, 6.45) is 0.798. The number of rotatable bonds is 6. The van der Waals surface area contributed by atoms with E-state index in [1.165, 1.54) is 11.1 Å². The molecule has 0 radical (unpaired) electrons. The van der Waals surface area contributed by atoms with Crippen molar-refractivity contribution in [1.29, 1.82) is 0 Å². The molecular formula is C16H18ClNO. The first-order valence-electron chi connectivity index (χ1n) is 6.36. The fraction of sp³-hybridized carbons (Fsp3) is 0.250. The molecule has 0 fully saturated rings. The van der Waals surface area contributed by atoms with Crippen molar-refractivity contribution in [2.45, 2.75) is 19.1 Å². The van der Waals surface area contributed by atoms with E-state index in [9.17, 15) is 0 Å². The summed E-state index contributed by atoms with van der Waals surface area (Å²) in [5, 5.41) is 0.748. The van der Waals surface area contributed by atoms with Gasteiger partial charge in [-0.3, -0.25) is 0 Å². The van der Waals surface area contributed by atoms with Crippen molar-refractivity contribution in [2.75, 3.05) is 6.61 Å². The van der Waals surface area contributed by atoms with Crippen LogP contribution in [0.3, 0.4) is 0 Å². The van der Waals surface area contributed by atoms with Gasteiger partial charge in [0.25, 0.3) is 0 Å². The van der Waals surface area contributed by atoms with Gasteiger partial charge >= 0.3 is 0 Å². The molecule has 2 rings (SSSR count). The number of ether oxygens (including phenoxy) is 1. The van der Waals surface area contributed by atoms with Crippen LogP contribution in [0, 0.1) is 0 Å². The first-order chi connectivity index (χ1) is 9.24. The molecule has 2 nitrogen and oxygen atoms in total. The molecule has 0 spiro atoms. The summed E-state index contributed by atoms with van der Waals surface area (Å²) in [5.74, 6) is 0. The third-order valence-electron chi connectivity index (χ3n) is 2.85. The van der Waals surface area contributed by atoms with Crippen LogP contribution in [0.5, 0.6) is 0 Å². The van der Waals surface area contributed by atoms with Crippen molar-refractivity contribution in [2.24, 2.45) is 5.73 Å². The highest BCUT2D eigenvalue weighted by Gasteiger charge is 2.04. The highest BCUT2D eigenvalue weighted by Crippen LogP contribution is 2.11. The van der Waals surface area contributed by atoms with Crippen molar-refractivity contribution in [3.05, 3.63) is 70.7 Å². The predicted molar refractivity (Wildman–Crippen MR) is 79.2 cm³/mol. The lowest BCUT2D eigenvalue weighted by Gasteiger charge is -2.12. The molecule has 0 aliphatic heterocycles. The van der Waals surface area contributed by atoms with E-state index in [2.05, 4.69) is 0 Å². The maximum Gasteiger partial charge on any atom is 0.0717 e. The molecule has 1 atom stereocenters. The molecule has 2 aromatic carbocycles. The Hall–Kier alpha value is -1.35.